The smallest absolute Gasteiger partial charge is 0.168 e. The lowest BCUT2D eigenvalue weighted by molar-refractivity contribution is 0.270. The summed E-state index contributed by atoms with van der Waals surface area (Å²) in [5.74, 6) is -1.57. The van der Waals surface area contributed by atoms with Crippen LogP contribution in [0, 0.1) is 17.5 Å². The van der Waals surface area contributed by atoms with Crippen LogP contribution in [0.1, 0.15) is 16.8 Å². The third-order valence-electron chi connectivity index (χ3n) is 3.76. The SMILES string of the molecule is OCc1cnc(SCc2c(F)cccc2F)n1Cc1ccccc1F. The monoisotopic (exact) mass is 364 g/mol. The predicted molar refractivity (Wildman–Crippen MR) is 89.6 cm³/mol. The highest BCUT2D eigenvalue weighted by molar-refractivity contribution is 7.98. The third-order valence-corrected chi connectivity index (χ3v) is 4.77. The molecule has 0 radical (unpaired) electrons. The van der Waals surface area contributed by atoms with Gasteiger partial charge in [-0.25, -0.2) is 18.2 Å². The van der Waals surface area contributed by atoms with Crippen LogP contribution in [-0.4, -0.2) is 14.7 Å². The Morgan fingerprint density at radius 1 is 0.960 bits per heavy atom. The first kappa shape index (κ1) is 17.6. The molecule has 25 heavy (non-hydrogen) atoms. The van der Waals surface area contributed by atoms with Gasteiger partial charge in [0.1, 0.15) is 17.5 Å². The number of aliphatic hydroxyl groups is 1. The molecule has 0 atom stereocenters. The van der Waals surface area contributed by atoms with Gasteiger partial charge in [0.05, 0.1) is 25.0 Å². The number of rotatable bonds is 6. The van der Waals surface area contributed by atoms with Gasteiger partial charge in [0.25, 0.3) is 0 Å². The van der Waals surface area contributed by atoms with Crippen molar-refractivity contribution in [2.75, 3.05) is 0 Å². The minimum absolute atomic E-state index is 0.0393. The highest BCUT2D eigenvalue weighted by Crippen LogP contribution is 2.27. The minimum Gasteiger partial charge on any atom is -0.390 e. The highest BCUT2D eigenvalue weighted by Gasteiger charge is 2.15. The number of aliphatic hydroxyl groups excluding tert-OH is 1. The van der Waals surface area contributed by atoms with Crippen molar-refractivity contribution in [1.29, 1.82) is 0 Å². The van der Waals surface area contributed by atoms with Gasteiger partial charge in [-0.3, -0.25) is 0 Å². The van der Waals surface area contributed by atoms with Gasteiger partial charge in [-0.2, -0.15) is 0 Å². The van der Waals surface area contributed by atoms with Crippen LogP contribution in [0.15, 0.2) is 53.8 Å². The molecule has 0 fully saturated rings. The summed E-state index contributed by atoms with van der Waals surface area (Å²) in [7, 11) is 0. The Kier molecular flexibility index (Phi) is 5.45. The van der Waals surface area contributed by atoms with Crippen molar-refractivity contribution in [2.45, 2.75) is 24.1 Å². The van der Waals surface area contributed by atoms with Crippen molar-refractivity contribution < 1.29 is 18.3 Å². The molecule has 0 aliphatic heterocycles. The zero-order valence-electron chi connectivity index (χ0n) is 13.1. The van der Waals surface area contributed by atoms with E-state index in [4.69, 9.17) is 0 Å². The lowest BCUT2D eigenvalue weighted by atomic mass is 10.2. The van der Waals surface area contributed by atoms with Crippen molar-refractivity contribution in [3.05, 3.63) is 82.9 Å². The number of thioether (sulfide) groups is 1. The number of nitrogens with zero attached hydrogens (tertiary/aromatic N) is 2. The Morgan fingerprint density at radius 2 is 1.64 bits per heavy atom. The standard InChI is InChI=1S/C18H15F3N2OS/c19-15-5-2-1-4-12(15)9-23-13(10-24)8-22-18(23)25-11-14-16(20)6-3-7-17(14)21/h1-8,24H,9-11H2. The zero-order chi connectivity index (χ0) is 17.8. The Bertz CT molecular complexity index is 862. The van der Waals surface area contributed by atoms with Crippen LogP contribution in [0.4, 0.5) is 13.2 Å². The molecule has 7 heteroatoms. The molecule has 0 bridgehead atoms. The fraction of sp³-hybridized carbons (Fsp3) is 0.167. The molecular weight excluding hydrogens is 349 g/mol. The van der Waals surface area contributed by atoms with Crippen molar-refractivity contribution in [2.24, 2.45) is 0 Å². The summed E-state index contributed by atoms with van der Waals surface area (Å²) in [6.45, 7) is -0.0965. The minimum atomic E-state index is -0.623. The molecule has 0 aliphatic rings. The van der Waals surface area contributed by atoms with E-state index in [1.165, 1.54) is 30.5 Å². The summed E-state index contributed by atoms with van der Waals surface area (Å²) >= 11 is 1.13. The molecule has 0 saturated carbocycles. The maximum Gasteiger partial charge on any atom is 0.168 e. The van der Waals surface area contributed by atoms with Gasteiger partial charge in [-0.1, -0.05) is 36.0 Å². The number of hydrogen-bond donors (Lipinski definition) is 1. The molecule has 0 unspecified atom stereocenters. The average molecular weight is 364 g/mol. The molecule has 0 spiro atoms. The highest BCUT2D eigenvalue weighted by atomic mass is 32.2. The van der Waals surface area contributed by atoms with Crippen LogP contribution in [-0.2, 0) is 18.9 Å². The van der Waals surface area contributed by atoms with Crippen LogP contribution in [0.25, 0.3) is 0 Å². The second-order valence-corrected chi connectivity index (χ2v) is 6.30. The summed E-state index contributed by atoms with van der Waals surface area (Å²) in [4.78, 5) is 4.19. The first-order valence-electron chi connectivity index (χ1n) is 7.54. The quantitative estimate of drug-likeness (QED) is 0.668. The molecule has 2 aromatic carbocycles. The first-order valence-corrected chi connectivity index (χ1v) is 8.53. The summed E-state index contributed by atoms with van der Waals surface area (Å²) in [5.41, 5.74) is 0.896. The van der Waals surface area contributed by atoms with Gasteiger partial charge < -0.3 is 9.67 Å². The van der Waals surface area contributed by atoms with Crippen molar-refractivity contribution in [1.82, 2.24) is 9.55 Å². The Labute approximate surface area is 147 Å². The molecule has 1 heterocycles. The molecular formula is C18H15F3N2OS. The number of hydrogen-bond acceptors (Lipinski definition) is 3. The normalized spacial score (nSPS) is 11.0. The van der Waals surface area contributed by atoms with E-state index in [0.717, 1.165) is 11.8 Å². The lowest BCUT2D eigenvalue weighted by Gasteiger charge is -2.12. The van der Waals surface area contributed by atoms with Gasteiger partial charge in [-0.05, 0) is 18.2 Å². The maximum absolute atomic E-state index is 13.9. The van der Waals surface area contributed by atoms with Crippen LogP contribution < -0.4 is 0 Å². The van der Waals surface area contributed by atoms with E-state index in [1.807, 2.05) is 0 Å². The molecule has 3 rings (SSSR count). The van der Waals surface area contributed by atoms with Gasteiger partial charge >= 0.3 is 0 Å². The van der Waals surface area contributed by atoms with Gasteiger partial charge in [0, 0.05) is 16.9 Å². The summed E-state index contributed by atoms with van der Waals surface area (Å²) in [6, 6.07) is 10.0. The molecule has 0 amide bonds. The Morgan fingerprint density at radius 3 is 2.32 bits per heavy atom. The number of aromatic nitrogens is 2. The van der Waals surface area contributed by atoms with Gasteiger partial charge in [0.2, 0.25) is 0 Å². The van der Waals surface area contributed by atoms with E-state index in [9.17, 15) is 18.3 Å². The molecule has 3 nitrogen and oxygen atoms in total. The van der Waals surface area contributed by atoms with Gasteiger partial charge in [-0.15, -0.1) is 0 Å². The van der Waals surface area contributed by atoms with Crippen molar-refractivity contribution in [3.8, 4) is 0 Å². The van der Waals surface area contributed by atoms with E-state index < -0.39 is 11.6 Å². The van der Waals surface area contributed by atoms with Crippen molar-refractivity contribution >= 4 is 11.8 Å². The maximum atomic E-state index is 13.9. The topological polar surface area (TPSA) is 38.1 Å². The number of imidazole rings is 1. The Hall–Kier alpha value is -2.25. The summed E-state index contributed by atoms with van der Waals surface area (Å²) in [5, 5.41) is 9.92. The third kappa shape index (κ3) is 3.88. The molecule has 130 valence electrons. The fourth-order valence-corrected chi connectivity index (χ4v) is 3.42. The van der Waals surface area contributed by atoms with Gasteiger partial charge in [0.15, 0.2) is 5.16 Å². The number of benzene rings is 2. The van der Waals surface area contributed by atoms with E-state index in [2.05, 4.69) is 4.98 Å². The fourth-order valence-electron chi connectivity index (χ4n) is 2.41. The first-order chi connectivity index (χ1) is 12.1. The van der Waals surface area contributed by atoms with E-state index in [0.29, 0.717) is 16.4 Å². The summed E-state index contributed by atoms with van der Waals surface area (Å²) < 4.78 is 43.1. The lowest BCUT2D eigenvalue weighted by Crippen LogP contribution is -2.07. The largest absolute Gasteiger partial charge is 0.390 e. The summed E-state index contributed by atoms with van der Waals surface area (Å²) in [6.07, 6.45) is 1.47. The second kappa shape index (κ2) is 7.76. The molecule has 1 aromatic heterocycles. The Balaban J connectivity index is 1.85. The van der Waals surface area contributed by atoms with E-state index in [-0.39, 0.29) is 30.3 Å². The van der Waals surface area contributed by atoms with Crippen LogP contribution in [0.5, 0.6) is 0 Å². The van der Waals surface area contributed by atoms with E-state index in [1.54, 1.807) is 22.8 Å². The van der Waals surface area contributed by atoms with E-state index >= 15 is 0 Å². The zero-order valence-corrected chi connectivity index (χ0v) is 13.9. The van der Waals surface area contributed by atoms with Crippen LogP contribution >= 0.6 is 11.8 Å². The molecule has 3 aromatic rings. The second-order valence-electron chi connectivity index (χ2n) is 5.36. The van der Waals surface area contributed by atoms with Crippen LogP contribution in [0.2, 0.25) is 0 Å². The predicted octanol–water partition coefficient (Wildman–Crippen LogP) is 4.13. The van der Waals surface area contributed by atoms with Crippen LogP contribution in [0.3, 0.4) is 0 Å². The molecule has 0 aliphatic carbocycles. The van der Waals surface area contributed by atoms with Crippen molar-refractivity contribution in [3.63, 3.8) is 0 Å². The molecule has 1 N–H and O–H groups in total. The molecule has 0 saturated heterocycles. The number of halogens is 3. The average Bonchev–Trinajstić information content (AvgIpc) is 2.98.